The molecule has 0 amide bonds. The highest BCUT2D eigenvalue weighted by molar-refractivity contribution is 6.10. The summed E-state index contributed by atoms with van der Waals surface area (Å²) < 4.78 is 6.77. The molecule has 0 aliphatic heterocycles. The Morgan fingerprint density at radius 2 is 1.96 bits per heavy atom. The summed E-state index contributed by atoms with van der Waals surface area (Å²) in [5.41, 5.74) is 3.78. The molecule has 2 aromatic rings. The average Bonchev–Trinajstić information content (AvgIpc) is 2.90. The van der Waals surface area contributed by atoms with Crippen LogP contribution >= 0.6 is 0 Å². The summed E-state index contributed by atoms with van der Waals surface area (Å²) in [4.78, 5) is 27.4. The van der Waals surface area contributed by atoms with Gasteiger partial charge in [0, 0.05) is 32.4 Å². The lowest BCUT2D eigenvalue weighted by atomic mass is 10.1. The summed E-state index contributed by atoms with van der Waals surface area (Å²) in [6.45, 7) is 0.460. The van der Waals surface area contributed by atoms with Crippen molar-refractivity contribution in [1.29, 1.82) is 0 Å². The Labute approximate surface area is 153 Å². The lowest BCUT2D eigenvalue weighted by Gasteiger charge is -2.14. The van der Waals surface area contributed by atoms with Crippen molar-refractivity contribution < 1.29 is 14.3 Å². The summed E-state index contributed by atoms with van der Waals surface area (Å²) in [5.74, 6) is -0.419. The molecule has 0 bridgehead atoms. The van der Waals surface area contributed by atoms with Crippen LogP contribution in [0.1, 0.15) is 44.9 Å². The van der Waals surface area contributed by atoms with E-state index in [2.05, 4.69) is 0 Å². The highest BCUT2D eigenvalue weighted by Crippen LogP contribution is 2.28. The lowest BCUT2D eigenvalue weighted by Crippen LogP contribution is -2.18. The zero-order valence-electron chi connectivity index (χ0n) is 15.5. The number of aromatic nitrogens is 1. The Balaban J connectivity index is 2.13. The maximum atomic E-state index is 13.2. The Kier molecular flexibility index (Phi) is 5.26. The van der Waals surface area contributed by atoms with Crippen LogP contribution in [0, 0.1) is 0 Å². The van der Waals surface area contributed by atoms with Gasteiger partial charge in [-0.3, -0.25) is 4.79 Å². The molecule has 1 aromatic carbocycles. The van der Waals surface area contributed by atoms with E-state index in [-0.39, 0.29) is 5.78 Å². The molecule has 0 N–H and O–H groups in total. The Morgan fingerprint density at radius 3 is 2.62 bits per heavy atom. The Morgan fingerprint density at radius 1 is 1.23 bits per heavy atom. The molecule has 1 aliphatic carbocycles. The van der Waals surface area contributed by atoms with Gasteiger partial charge in [0.05, 0.1) is 12.8 Å². The van der Waals surface area contributed by atoms with Gasteiger partial charge in [-0.1, -0.05) is 30.3 Å². The van der Waals surface area contributed by atoms with E-state index in [0.29, 0.717) is 17.9 Å². The molecule has 3 rings (SSSR count). The normalized spacial score (nSPS) is 15.5. The van der Waals surface area contributed by atoms with Crippen LogP contribution in [-0.2, 0) is 17.7 Å². The molecule has 0 spiro atoms. The largest absolute Gasteiger partial charge is 0.464 e. The first-order valence-electron chi connectivity index (χ1n) is 8.77. The van der Waals surface area contributed by atoms with E-state index in [1.165, 1.54) is 7.11 Å². The van der Waals surface area contributed by atoms with Gasteiger partial charge >= 0.3 is 5.97 Å². The number of carbonyl (C=O) groups is 2. The first-order chi connectivity index (χ1) is 12.5. The van der Waals surface area contributed by atoms with Crippen molar-refractivity contribution in [3.63, 3.8) is 0 Å². The van der Waals surface area contributed by atoms with Crippen molar-refractivity contribution in [2.24, 2.45) is 0 Å². The average molecular weight is 352 g/mol. The molecular formula is C21H24N2O3. The van der Waals surface area contributed by atoms with Crippen molar-refractivity contribution >= 4 is 11.8 Å². The number of esters is 1. The van der Waals surface area contributed by atoms with Crippen molar-refractivity contribution in [1.82, 2.24) is 9.47 Å². The number of rotatable bonds is 4. The van der Waals surface area contributed by atoms with Gasteiger partial charge in [0.15, 0.2) is 0 Å². The van der Waals surface area contributed by atoms with Crippen LogP contribution in [0.4, 0.5) is 0 Å². The third kappa shape index (κ3) is 3.57. The second kappa shape index (κ2) is 7.60. The Bertz CT molecular complexity index is 848. The minimum absolute atomic E-state index is 0.00251. The number of Topliss-reactive ketones (excluding diaryl/α,β-unsaturated/α-hetero) is 1. The molecular weight excluding hydrogens is 328 g/mol. The number of nitrogens with zero attached hydrogens (tertiary/aromatic N) is 2. The summed E-state index contributed by atoms with van der Waals surface area (Å²) in [7, 11) is 5.19. The number of ether oxygens (including phenoxy) is 1. The molecule has 0 atom stereocenters. The minimum Gasteiger partial charge on any atom is -0.464 e. The molecule has 0 radical (unpaired) electrons. The van der Waals surface area contributed by atoms with Crippen molar-refractivity contribution in [2.45, 2.75) is 25.8 Å². The number of carbonyl (C=O) groups excluding carboxylic acids is 2. The van der Waals surface area contributed by atoms with E-state index >= 15 is 0 Å². The fraction of sp³-hybridized carbons (Fsp3) is 0.333. The molecule has 0 saturated heterocycles. The third-order valence-corrected chi connectivity index (χ3v) is 4.57. The molecule has 26 heavy (non-hydrogen) atoms. The van der Waals surface area contributed by atoms with Crippen LogP contribution < -0.4 is 0 Å². The summed E-state index contributed by atoms with van der Waals surface area (Å²) in [6, 6.07) is 11.7. The van der Waals surface area contributed by atoms with E-state index in [1.807, 2.05) is 66.2 Å². The topological polar surface area (TPSA) is 51.5 Å². The van der Waals surface area contributed by atoms with Gasteiger partial charge < -0.3 is 14.2 Å². The number of hydrogen-bond donors (Lipinski definition) is 0. The van der Waals surface area contributed by atoms with E-state index in [9.17, 15) is 9.59 Å². The van der Waals surface area contributed by atoms with Gasteiger partial charge in [-0.25, -0.2) is 4.79 Å². The maximum absolute atomic E-state index is 13.2. The summed E-state index contributed by atoms with van der Waals surface area (Å²) in [5, 5.41) is 0. The van der Waals surface area contributed by atoms with Gasteiger partial charge in [0.25, 0.3) is 0 Å². The number of hydrogen-bond acceptors (Lipinski definition) is 4. The van der Waals surface area contributed by atoms with E-state index in [4.69, 9.17) is 4.74 Å². The number of benzene rings is 1. The highest BCUT2D eigenvalue weighted by atomic mass is 16.5. The Hall–Kier alpha value is -2.82. The fourth-order valence-corrected chi connectivity index (χ4v) is 3.44. The molecule has 5 nitrogen and oxygen atoms in total. The van der Waals surface area contributed by atoms with Crippen LogP contribution in [0.15, 0.2) is 48.2 Å². The predicted molar refractivity (Wildman–Crippen MR) is 100 cm³/mol. The SMILES string of the molecule is COC(=O)c1cc2c(n1Cc1ccccc1)C(=O)/C(=C/N(C)C)CCC2. The quantitative estimate of drug-likeness (QED) is 0.481. The zero-order chi connectivity index (χ0) is 18.7. The molecule has 0 fully saturated rings. The van der Waals surface area contributed by atoms with Crippen molar-refractivity contribution in [3.8, 4) is 0 Å². The zero-order valence-corrected chi connectivity index (χ0v) is 15.5. The van der Waals surface area contributed by atoms with Gasteiger partial charge in [-0.05, 0) is 36.5 Å². The molecule has 1 heterocycles. The first-order valence-corrected chi connectivity index (χ1v) is 8.77. The van der Waals surface area contributed by atoms with Gasteiger partial charge in [0.1, 0.15) is 5.69 Å². The second-order valence-corrected chi connectivity index (χ2v) is 6.77. The van der Waals surface area contributed by atoms with Gasteiger partial charge in [-0.15, -0.1) is 0 Å². The van der Waals surface area contributed by atoms with Crippen LogP contribution in [0.25, 0.3) is 0 Å². The number of methoxy groups -OCH3 is 1. The minimum atomic E-state index is -0.417. The smallest absolute Gasteiger partial charge is 0.354 e. The molecule has 1 aromatic heterocycles. The van der Waals surface area contributed by atoms with Gasteiger partial charge in [-0.2, -0.15) is 0 Å². The van der Waals surface area contributed by atoms with E-state index in [0.717, 1.165) is 36.0 Å². The maximum Gasteiger partial charge on any atom is 0.354 e. The predicted octanol–water partition coefficient (Wildman–Crippen LogP) is 3.29. The molecule has 0 unspecified atom stereocenters. The standard InChI is InChI=1S/C21H24N2O3/c1-22(2)14-17-11-7-10-16-12-18(21(25)26-3)23(19(16)20(17)24)13-15-8-5-4-6-9-15/h4-6,8-9,12,14H,7,10-11,13H2,1-3H3/b17-14+. The summed E-state index contributed by atoms with van der Waals surface area (Å²) >= 11 is 0. The number of allylic oxidation sites excluding steroid dienone is 1. The molecule has 1 aliphatic rings. The van der Waals surface area contributed by atoms with E-state index < -0.39 is 5.97 Å². The van der Waals surface area contributed by atoms with Crippen molar-refractivity contribution in [3.05, 3.63) is 70.7 Å². The van der Waals surface area contributed by atoms with E-state index in [1.54, 1.807) is 0 Å². The molecule has 5 heteroatoms. The fourth-order valence-electron chi connectivity index (χ4n) is 3.44. The number of aryl methyl sites for hydroxylation is 1. The molecule has 0 saturated carbocycles. The van der Waals surface area contributed by atoms with Crippen LogP contribution in [0.5, 0.6) is 0 Å². The third-order valence-electron chi connectivity index (χ3n) is 4.57. The van der Waals surface area contributed by atoms with Crippen LogP contribution in [0.3, 0.4) is 0 Å². The van der Waals surface area contributed by atoms with Crippen LogP contribution in [0.2, 0.25) is 0 Å². The monoisotopic (exact) mass is 352 g/mol. The van der Waals surface area contributed by atoms with Crippen molar-refractivity contribution in [2.75, 3.05) is 21.2 Å². The summed E-state index contributed by atoms with van der Waals surface area (Å²) in [6.07, 6.45) is 4.28. The lowest BCUT2D eigenvalue weighted by molar-refractivity contribution is 0.0589. The van der Waals surface area contributed by atoms with Gasteiger partial charge in [0.2, 0.25) is 5.78 Å². The molecule has 136 valence electrons. The highest BCUT2D eigenvalue weighted by Gasteiger charge is 2.29. The first kappa shape index (κ1) is 18.0. The van der Waals surface area contributed by atoms with Crippen LogP contribution in [-0.4, -0.2) is 42.4 Å². The number of fused-ring (bicyclic) bond motifs is 1. The second-order valence-electron chi connectivity index (χ2n) is 6.77. The number of ketones is 1.